The van der Waals surface area contributed by atoms with Gasteiger partial charge in [0.05, 0.1) is 19.8 Å². The van der Waals surface area contributed by atoms with E-state index in [1.807, 2.05) is 0 Å². The highest BCUT2D eigenvalue weighted by Gasteiger charge is 1.98. The highest BCUT2D eigenvalue weighted by molar-refractivity contribution is 5.75. The van der Waals surface area contributed by atoms with Crippen molar-refractivity contribution in [2.24, 2.45) is 0 Å². The molecule has 0 aliphatic carbocycles. The molecule has 0 atom stereocenters. The van der Waals surface area contributed by atoms with Gasteiger partial charge in [-0.2, -0.15) is 0 Å². The summed E-state index contributed by atoms with van der Waals surface area (Å²) in [6.07, 6.45) is 1.90. The second-order valence-electron chi connectivity index (χ2n) is 3.40. The first kappa shape index (κ1) is 15.3. The molecule has 0 rings (SSSR count). The highest BCUT2D eigenvalue weighted by atomic mass is 16.5. The molecular weight excluding hydrogens is 210 g/mol. The van der Waals surface area contributed by atoms with Gasteiger partial charge in [0.2, 0.25) is 5.91 Å². The Hall–Kier alpha value is -0.650. The maximum absolute atomic E-state index is 11.1. The zero-order chi connectivity index (χ0) is 12.1. The lowest BCUT2D eigenvalue weighted by Crippen LogP contribution is -2.27. The summed E-state index contributed by atoms with van der Waals surface area (Å²) >= 11 is 0. The SMILES string of the molecule is CCCOCCOCCNC(=O)CCCO. The zero-order valence-corrected chi connectivity index (χ0v) is 10.0. The van der Waals surface area contributed by atoms with Crippen LogP contribution in [0, 0.1) is 0 Å². The molecule has 0 aromatic carbocycles. The van der Waals surface area contributed by atoms with Crippen LogP contribution in [0.1, 0.15) is 26.2 Å². The lowest BCUT2D eigenvalue weighted by Gasteiger charge is -2.06. The predicted molar refractivity (Wildman–Crippen MR) is 61.3 cm³/mol. The molecule has 0 aliphatic rings. The van der Waals surface area contributed by atoms with Crippen LogP contribution in [-0.4, -0.2) is 50.6 Å². The lowest BCUT2D eigenvalue weighted by molar-refractivity contribution is -0.121. The topological polar surface area (TPSA) is 67.8 Å². The third kappa shape index (κ3) is 11.4. The van der Waals surface area contributed by atoms with Crippen LogP contribution in [0.4, 0.5) is 0 Å². The van der Waals surface area contributed by atoms with Crippen LogP contribution in [-0.2, 0) is 14.3 Å². The van der Waals surface area contributed by atoms with E-state index in [1.54, 1.807) is 0 Å². The van der Waals surface area contributed by atoms with Gasteiger partial charge in [-0.05, 0) is 12.8 Å². The van der Waals surface area contributed by atoms with Crippen LogP contribution in [0.5, 0.6) is 0 Å². The standard InChI is InChI=1S/C11H23NO4/c1-2-7-15-9-10-16-8-5-12-11(14)4-3-6-13/h13H,2-10H2,1H3,(H,12,14). The zero-order valence-electron chi connectivity index (χ0n) is 10.0. The monoisotopic (exact) mass is 233 g/mol. The summed E-state index contributed by atoms with van der Waals surface area (Å²) in [4.78, 5) is 11.1. The van der Waals surface area contributed by atoms with E-state index in [2.05, 4.69) is 12.2 Å². The number of amides is 1. The maximum Gasteiger partial charge on any atom is 0.220 e. The van der Waals surface area contributed by atoms with Gasteiger partial charge in [-0.15, -0.1) is 0 Å². The van der Waals surface area contributed by atoms with Crippen LogP contribution >= 0.6 is 0 Å². The van der Waals surface area contributed by atoms with E-state index in [-0.39, 0.29) is 12.5 Å². The minimum absolute atomic E-state index is 0.0418. The molecule has 0 spiro atoms. The third-order valence-electron chi connectivity index (χ3n) is 1.85. The summed E-state index contributed by atoms with van der Waals surface area (Å²) in [6, 6.07) is 0. The summed E-state index contributed by atoms with van der Waals surface area (Å²) in [6.45, 7) is 5.06. The van der Waals surface area contributed by atoms with E-state index in [4.69, 9.17) is 14.6 Å². The Labute approximate surface area is 97.1 Å². The summed E-state index contributed by atoms with van der Waals surface area (Å²) in [7, 11) is 0. The van der Waals surface area contributed by atoms with Crippen LogP contribution in [0.3, 0.4) is 0 Å². The Morgan fingerprint density at radius 1 is 1.19 bits per heavy atom. The molecule has 0 heterocycles. The molecule has 0 aromatic rings. The van der Waals surface area contributed by atoms with Crippen molar-refractivity contribution < 1.29 is 19.4 Å². The number of aliphatic hydroxyl groups is 1. The van der Waals surface area contributed by atoms with E-state index < -0.39 is 0 Å². The van der Waals surface area contributed by atoms with Crippen molar-refractivity contribution in [3.63, 3.8) is 0 Å². The first-order valence-electron chi connectivity index (χ1n) is 5.84. The summed E-state index contributed by atoms with van der Waals surface area (Å²) in [5.41, 5.74) is 0. The molecule has 0 fully saturated rings. The second-order valence-corrected chi connectivity index (χ2v) is 3.40. The van der Waals surface area contributed by atoms with Crippen molar-refractivity contribution >= 4 is 5.91 Å². The molecule has 16 heavy (non-hydrogen) atoms. The number of nitrogens with one attached hydrogen (secondary N) is 1. The largest absolute Gasteiger partial charge is 0.396 e. The Morgan fingerprint density at radius 2 is 1.88 bits per heavy atom. The number of hydrogen-bond acceptors (Lipinski definition) is 4. The van der Waals surface area contributed by atoms with E-state index in [9.17, 15) is 4.79 Å². The Morgan fingerprint density at radius 3 is 2.50 bits per heavy atom. The molecule has 5 heteroatoms. The van der Waals surface area contributed by atoms with Gasteiger partial charge in [-0.1, -0.05) is 6.92 Å². The third-order valence-corrected chi connectivity index (χ3v) is 1.85. The van der Waals surface area contributed by atoms with Gasteiger partial charge in [0, 0.05) is 26.2 Å². The van der Waals surface area contributed by atoms with Gasteiger partial charge in [0.15, 0.2) is 0 Å². The number of ether oxygens (including phenoxy) is 2. The van der Waals surface area contributed by atoms with Gasteiger partial charge in [0.1, 0.15) is 0 Å². The van der Waals surface area contributed by atoms with Crippen molar-refractivity contribution in [3.8, 4) is 0 Å². The Kier molecular flexibility index (Phi) is 11.9. The van der Waals surface area contributed by atoms with Crippen molar-refractivity contribution in [3.05, 3.63) is 0 Å². The van der Waals surface area contributed by atoms with Gasteiger partial charge in [-0.25, -0.2) is 0 Å². The molecule has 2 N–H and O–H groups in total. The summed E-state index contributed by atoms with van der Waals surface area (Å²) < 4.78 is 10.5. The number of hydrogen-bond donors (Lipinski definition) is 2. The molecule has 0 radical (unpaired) electrons. The second kappa shape index (κ2) is 12.4. The predicted octanol–water partition coefficient (Wildman–Crippen LogP) is 0.318. The molecule has 0 saturated heterocycles. The minimum atomic E-state index is -0.0418. The fourth-order valence-corrected chi connectivity index (χ4v) is 1.06. The quantitative estimate of drug-likeness (QED) is 0.504. The average molecular weight is 233 g/mol. The van der Waals surface area contributed by atoms with Crippen molar-refractivity contribution in [2.45, 2.75) is 26.2 Å². The van der Waals surface area contributed by atoms with Crippen LogP contribution in [0.2, 0.25) is 0 Å². The first-order valence-corrected chi connectivity index (χ1v) is 5.84. The first-order chi connectivity index (χ1) is 7.81. The van der Waals surface area contributed by atoms with E-state index >= 15 is 0 Å². The van der Waals surface area contributed by atoms with Crippen molar-refractivity contribution in [2.75, 3.05) is 39.6 Å². The lowest BCUT2D eigenvalue weighted by atomic mass is 10.3. The number of carbonyl (C=O) groups excluding carboxylic acids is 1. The molecule has 1 amide bonds. The fraction of sp³-hybridized carbons (Fsp3) is 0.909. The summed E-state index contributed by atoms with van der Waals surface area (Å²) in [5, 5.41) is 11.2. The minimum Gasteiger partial charge on any atom is -0.396 e. The molecule has 5 nitrogen and oxygen atoms in total. The van der Waals surface area contributed by atoms with Gasteiger partial charge in [0.25, 0.3) is 0 Å². The van der Waals surface area contributed by atoms with Crippen molar-refractivity contribution in [1.29, 1.82) is 0 Å². The normalized spacial score (nSPS) is 10.4. The van der Waals surface area contributed by atoms with Gasteiger partial charge < -0.3 is 19.9 Å². The van der Waals surface area contributed by atoms with Crippen LogP contribution in [0.15, 0.2) is 0 Å². The van der Waals surface area contributed by atoms with Crippen LogP contribution in [0.25, 0.3) is 0 Å². The molecule has 0 aromatic heterocycles. The van der Waals surface area contributed by atoms with E-state index in [0.717, 1.165) is 13.0 Å². The average Bonchev–Trinajstić information content (AvgIpc) is 2.30. The molecule has 0 bridgehead atoms. The Balaban J connectivity index is 3.05. The van der Waals surface area contributed by atoms with Crippen LogP contribution < -0.4 is 5.32 Å². The summed E-state index contributed by atoms with van der Waals surface area (Å²) in [5.74, 6) is -0.0418. The van der Waals surface area contributed by atoms with Gasteiger partial charge in [-0.3, -0.25) is 4.79 Å². The number of rotatable bonds is 11. The van der Waals surface area contributed by atoms with E-state index in [1.165, 1.54) is 0 Å². The smallest absolute Gasteiger partial charge is 0.220 e. The highest BCUT2D eigenvalue weighted by Crippen LogP contribution is 1.86. The molecule has 0 aliphatic heterocycles. The molecular formula is C11H23NO4. The fourth-order valence-electron chi connectivity index (χ4n) is 1.06. The number of carbonyl (C=O) groups is 1. The maximum atomic E-state index is 11.1. The number of aliphatic hydroxyl groups excluding tert-OH is 1. The Bertz CT molecular complexity index is 164. The molecule has 0 unspecified atom stereocenters. The molecule has 0 saturated carbocycles. The van der Waals surface area contributed by atoms with Gasteiger partial charge >= 0.3 is 0 Å². The van der Waals surface area contributed by atoms with E-state index in [0.29, 0.717) is 39.2 Å². The van der Waals surface area contributed by atoms with Crippen molar-refractivity contribution in [1.82, 2.24) is 5.32 Å². The molecule has 96 valence electrons.